The number of aryl methyl sites for hydroxylation is 2. The van der Waals surface area contributed by atoms with Crippen LogP contribution in [0.3, 0.4) is 0 Å². The van der Waals surface area contributed by atoms with E-state index in [0.717, 1.165) is 0 Å². The minimum absolute atomic E-state index is 0.620. The molecule has 0 saturated heterocycles. The molecule has 3 rings (SSSR count). The molecule has 0 amide bonds. The van der Waals surface area contributed by atoms with Crippen LogP contribution in [0.1, 0.15) is 17.5 Å². The molecule has 0 saturated carbocycles. The Morgan fingerprint density at radius 3 is 2.56 bits per heavy atom. The third kappa shape index (κ3) is 2.56. The normalized spacial score (nSPS) is 17.7. The van der Waals surface area contributed by atoms with Crippen molar-refractivity contribution in [1.82, 2.24) is 0 Å². The first-order valence-corrected chi connectivity index (χ1v) is 9.26. The van der Waals surface area contributed by atoms with E-state index in [2.05, 4.69) is 54.6 Å². The summed E-state index contributed by atoms with van der Waals surface area (Å²) in [5, 5.41) is 1.76. The lowest BCUT2D eigenvalue weighted by Crippen LogP contribution is -2.25. The zero-order chi connectivity index (χ0) is 12.2. The summed E-state index contributed by atoms with van der Waals surface area (Å²) in [7, 11) is -0.620. The molecule has 2 aromatic rings. The average Bonchev–Trinajstić information content (AvgIpc) is 2.84. The van der Waals surface area contributed by atoms with Crippen molar-refractivity contribution in [2.24, 2.45) is 0 Å². The predicted octanol–water partition coefficient (Wildman–Crippen LogP) is 3.31. The number of rotatable bonds is 4. The molecular weight excluding hydrogens is 232 g/mol. The van der Waals surface area contributed by atoms with E-state index in [4.69, 9.17) is 0 Å². The second kappa shape index (κ2) is 5.53. The van der Waals surface area contributed by atoms with Crippen molar-refractivity contribution in [3.63, 3.8) is 0 Å². The monoisotopic (exact) mass is 252 g/mol. The van der Waals surface area contributed by atoms with Crippen molar-refractivity contribution in [3.8, 4) is 0 Å². The molecule has 0 aromatic heterocycles. The Bertz CT molecular complexity index is 504. The first-order valence-electron chi connectivity index (χ1n) is 7.05. The molecular formula is C17H20Si. The fourth-order valence-electron chi connectivity index (χ4n) is 3.14. The SMILES string of the molecule is c1ccc(CCC[Si@H]2CCc3ccccc32)cc1. The van der Waals surface area contributed by atoms with Crippen LogP contribution in [0.25, 0.3) is 0 Å². The summed E-state index contributed by atoms with van der Waals surface area (Å²) in [6.07, 6.45) is 3.97. The molecule has 0 spiro atoms. The van der Waals surface area contributed by atoms with E-state index in [1.54, 1.807) is 10.8 Å². The summed E-state index contributed by atoms with van der Waals surface area (Å²) in [5.74, 6) is 0. The molecule has 0 bridgehead atoms. The maximum atomic E-state index is 2.39. The highest BCUT2D eigenvalue weighted by Crippen LogP contribution is 2.19. The van der Waals surface area contributed by atoms with Gasteiger partial charge in [-0.2, -0.15) is 0 Å². The summed E-state index contributed by atoms with van der Waals surface area (Å²) in [5.41, 5.74) is 3.15. The Morgan fingerprint density at radius 1 is 0.889 bits per heavy atom. The lowest BCUT2D eigenvalue weighted by atomic mass is 10.1. The van der Waals surface area contributed by atoms with Crippen LogP contribution < -0.4 is 5.19 Å². The standard InChI is InChI=1S/C17H20Si/c1-2-7-15(8-3-1)9-6-13-18-14-12-16-10-4-5-11-17(16)18/h1-5,7-8,10-11,18H,6,9,12-14H2/t18-/m0/s1. The molecule has 1 heteroatoms. The summed E-state index contributed by atoms with van der Waals surface area (Å²) in [4.78, 5) is 0. The third-order valence-electron chi connectivity index (χ3n) is 4.12. The maximum Gasteiger partial charge on any atom is 0.0715 e. The van der Waals surface area contributed by atoms with Crippen molar-refractivity contribution in [3.05, 3.63) is 65.7 Å². The van der Waals surface area contributed by atoms with Crippen molar-refractivity contribution in [2.45, 2.75) is 31.4 Å². The van der Waals surface area contributed by atoms with E-state index < -0.39 is 8.80 Å². The van der Waals surface area contributed by atoms with Crippen molar-refractivity contribution < 1.29 is 0 Å². The number of benzene rings is 2. The van der Waals surface area contributed by atoms with Gasteiger partial charge in [0, 0.05) is 0 Å². The van der Waals surface area contributed by atoms with Gasteiger partial charge in [0.2, 0.25) is 0 Å². The van der Waals surface area contributed by atoms with Gasteiger partial charge < -0.3 is 0 Å². The van der Waals surface area contributed by atoms with Gasteiger partial charge in [0.05, 0.1) is 8.80 Å². The summed E-state index contributed by atoms with van der Waals surface area (Å²) in [6, 6.07) is 23.0. The highest BCUT2D eigenvalue weighted by atomic mass is 28.3. The van der Waals surface area contributed by atoms with Gasteiger partial charge in [-0.3, -0.25) is 0 Å². The van der Waals surface area contributed by atoms with Crippen LogP contribution in [-0.4, -0.2) is 8.80 Å². The number of hydrogen-bond acceptors (Lipinski definition) is 0. The number of hydrogen-bond donors (Lipinski definition) is 0. The molecule has 0 aliphatic carbocycles. The highest BCUT2D eigenvalue weighted by molar-refractivity contribution is 6.74. The van der Waals surface area contributed by atoms with Gasteiger partial charge in [-0.1, -0.05) is 78.3 Å². The molecule has 1 aliphatic rings. The molecule has 0 N–H and O–H groups in total. The first kappa shape index (κ1) is 11.7. The zero-order valence-electron chi connectivity index (χ0n) is 10.8. The van der Waals surface area contributed by atoms with E-state index in [9.17, 15) is 0 Å². The molecule has 1 heterocycles. The van der Waals surface area contributed by atoms with E-state index in [-0.39, 0.29) is 0 Å². The zero-order valence-corrected chi connectivity index (χ0v) is 12.0. The molecule has 1 aliphatic heterocycles. The second-order valence-electron chi connectivity index (χ2n) is 5.31. The first-order chi connectivity index (χ1) is 8.93. The van der Waals surface area contributed by atoms with Gasteiger partial charge in [-0.25, -0.2) is 0 Å². The molecule has 18 heavy (non-hydrogen) atoms. The summed E-state index contributed by atoms with van der Waals surface area (Å²) >= 11 is 0. The van der Waals surface area contributed by atoms with Gasteiger partial charge in [0.25, 0.3) is 0 Å². The van der Waals surface area contributed by atoms with Gasteiger partial charge >= 0.3 is 0 Å². The fourth-order valence-corrected chi connectivity index (χ4v) is 6.56. The van der Waals surface area contributed by atoms with Crippen LogP contribution in [0, 0.1) is 0 Å². The fraction of sp³-hybridized carbons (Fsp3) is 0.294. The van der Waals surface area contributed by atoms with Crippen LogP contribution >= 0.6 is 0 Å². The predicted molar refractivity (Wildman–Crippen MR) is 81.3 cm³/mol. The van der Waals surface area contributed by atoms with Crippen molar-refractivity contribution >= 4 is 14.0 Å². The topological polar surface area (TPSA) is 0 Å². The average molecular weight is 252 g/mol. The molecule has 2 aromatic carbocycles. The molecule has 0 nitrogen and oxygen atoms in total. The van der Waals surface area contributed by atoms with Gasteiger partial charge in [-0.15, -0.1) is 0 Å². The molecule has 0 radical (unpaired) electrons. The Kier molecular flexibility index (Phi) is 3.61. The van der Waals surface area contributed by atoms with Crippen molar-refractivity contribution in [2.75, 3.05) is 0 Å². The van der Waals surface area contributed by atoms with E-state index >= 15 is 0 Å². The van der Waals surface area contributed by atoms with Crippen LogP contribution in [0.15, 0.2) is 54.6 Å². The Labute approximate surface area is 111 Å². The lowest BCUT2D eigenvalue weighted by molar-refractivity contribution is 0.907. The number of fused-ring (bicyclic) bond motifs is 1. The van der Waals surface area contributed by atoms with E-state index in [1.165, 1.54) is 36.9 Å². The Morgan fingerprint density at radius 2 is 1.67 bits per heavy atom. The van der Waals surface area contributed by atoms with Gasteiger partial charge in [0.1, 0.15) is 0 Å². The molecule has 1 atom stereocenters. The lowest BCUT2D eigenvalue weighted by Gasteiger charge is -2.09. The largest absolute Gasteiger partial charge is 0.0715 e. The van der Waals surface area contributed by atoms with Gasteiger partial charge in [-0.05, 0) is 24.0 Å². The van der Waals surface area contributed by atoms with Crippen molar-refractivity contribution in [1.29, 1.82) is 0 Å². The summed E-state index contributed by atoms with van der Waals surface area (Å²) < 4.78 is 0. The second-order valence-corrected chi connectivity index (χ2v) is 8.48. The Hall–Kier alpha value is -1.34. The van der Waals surface area contributed by atoms with Gasteiger partial charge in [0.15, 0.2) is 0 Å². The maximum absolute atomic E-state index is 2.39. The highest BCUT2D eigenvalue weighted by Gasteiger charge is 2.22. The van der Waals surface area contributed by atoms with Crippen LogP contribution in [0.2, 0.25) is 12.1 Å². The van der Waals surface area contributed by atoms with E-state index in [0.29, 0.717) is 0 Å². The Balaban J connectivity index is 1.56. The molecule has 0 fully saturated rings. The quantitative estimate of drug-likeness (QED) is 0.732. The smallest absolute Gasteiger partial charge is 0.0631 e. The van der Waals surface area contributed by atoms with Crippen LogP contribution in [-0.2, 0) is 12.8 Å². The molecule has 92 valence electrons. The molecule has 0 unspecified atom stereocenters. The summed E-state index contributed by atoms with van der Waals surface area (Å²) in [6.45, 7) is 0. The minimum atomic E-state index is -0.620. The van der Waals surface area contributed by atoms with Crippen LogP contribution in [0.5, 0.6) is 0 Å². The van der Waals surface area contributed by atoms with E-state index in [1.807, 2.05) is 0 Å². The third-order valence-corrected chi connectivity index (χ3v) is 7.65. The minimum Gasteiger partial charge on any atom is -0.0631 e. The van der Waals surface area contributed by atoms with Crippen LogP contribution in [0.4, 0.5) is 0 Å².